The van der Waals surface area contributed by atoms with Gasteiger partial charge in [-0.25, -0.2) is 4.98 Å². The van der Waals surface area contributed by atoms with Crippen LogP contribution < -0.4 is 9.47 Å². The van der Waals surface area contributed by atoms with Crippen molar-refractivity contribution in [3.05, 3.63) is 53.7 Å². The van der Waals surface area contributed by atoms with E-state index >= 15 is 0 Å². The highest BCUT2D eigenvalue weighted by Crippen LogP contribution is 2.34. The fourth-order valence-corrected chi connectivity index (χ4v) is 2.56. The molecule has 0 saturated heterocycles. The molecule has 0 spiro atoms. The second kappa shape index (κ2) is 5.62. The molecule has 1 aromatic heterocycles. The number of benzene rings is 2. The third-order valence-corrected chi connectivity index (χ3v) is 3.59. The molecule has 0 unspecified atom stereocenters. The lowest BCUT2D eigenvalue weighted by atomic mass is 10.0. The van der Waals surface area contributed by atoms with Gasteiger partial charge in [0.15, 0.2) is 0 Å². The molecule has 106 valence electrons. The zero-order valence-corrected chi connectivity index (χ0v) is 12.5. The van der Waals surface area contributed by atoms with Crippen molar-refractivity contribution in [2.24, 2.45) is 0 Å². The molecule has 4 heteroatoms. The van der Waals surface area contributed by atoms with Crippen molar-refractivity contribution in [2.75, 3.05) is 14.2 Å². The molecule has 1 heterocycles. The Morgan fingerprint density at radius 3 is 2.38 bits per heavy atom. The zero-order valence-electron chi connectivity index (χ0n) is 11.8. The highest BCUT2D eigenvalue weighted by molar-refractivity contribution is 6.30. The molecule has 3 rings (SSSR count). The molecule has 0 saturated carbocycles. The van der Waals surface area contributed by atoms with Gasteiger partial charge in [0.25, 0.3) is 0 Å². The molecule has 0 atom stereocenters. The number of hydrogen-bond donors (Lipinski definition) is 0. The van der Waals surface area contributed by atoms with Crippen LogP contribution in [0.3, 0.4) is 0 Å². The highest BCUT2D eigenvalue weighted by atomic mass is 35.5. The smallest absolute Gasteiger partial charge is 0.145 e. The molecule has 0 radical (unpaired) electrons. The average molecular weight is 300 g/mol. The number of aromatic nitrogens is 1. The summed E-state index contributed by atoms with van der Waals surface area (Å²) in [5.74, 6) is 1.53. The van der Waals surface area contributed by atoms with Crippen LogP contribution in [0, 0.1) is 0 Å². The van der Waals surface area contributed by atoms with E-state index < -0.39 is 0 Å². The number of pyridine rings is 1. The van der Waals surface area contributed by atoms with Crippen LogP contribution in [-0.2, 0) is 0 Å². The zero-order chi connectivity index (χ0) is 14.8. The minimum absolute atomic E-state index is 0.442. The van der Waals surface area contributed by atoms with Crippen LogP contribution >= 0.6 is 11.6 Å². The fourth-order valence-electron chi connectivity index (χ4n) is 2.37. The first-order valence-corrected chi connectivity index (χ1v) is 6.88. The Kier molecular flexibility index (Phi) is 3.67. The molecule has 0 amide bonds. The predicted molar refractivity (Wildman–Crippen MR) is 85.3 cm³/mol. The Labute approximate surface area is 128 Å². The summed E-state index contributed by atoms with van der Waals surface area (Å²) in [5.41, 5.74) is 2.84. The Bertz CT molecular complexity index is 785. The van der Waals surface area contributed by atoms with Crippen molar-refractivity contribution in [2.45, 2.75) is 0 Å². The summed E-state index contributed by atoms with van der Waals surface area (Å²) in [4.78, 5) is 4.38. The molecule has 0 aliphatic heterocycles. The van der Waals surface area contributed by atoms with Crippen LogP contribution in [0.5, 0.6) is 11.5 Å². The van der Waals surface area contributed by atoms with Crippen LogP contribution in [-0.4, -0.2) is 19.2 Å². The second-order valence-corrected chi connectivity index (χ2v) is 4.96. The van der Waals surface area contributed by atoms with Gasteiger partial charge in [0.1, 0.15) is 22.2 Å². The van der Waals surface area contributed by atoms with Gasteiger partial charge in [-0.3, -0.25) is 0 Å². The van der Waals surface area contributed by atoms with Gasteiger partial charge in [-0.1, -0.05) is 35.9 Å². The van der Waals surface area contributed by atoms with Crippen molar-refractivity contribution >= 4 is 22.5 Å². The normalized spacial score (nSPS) is 10.6. The summed E-state index contributed by atoms with van der Waals surface area (Å²) in [6.07, 6.45) is 0. The van der Waals surface area contributed by atoms with Gasteiger partial charge in [-0.15, -0.1) is 0 Å². The topological polar surface area (TPSA) is 31.4 Å². The van der Waals surface area contributed by atoms with E-state index in [1.54, 1.807) is 14.2 Å². The number of para-hydroxylation sites is 1. The minimum atomic E-state index is 0.442. The van der Waals surface area contributed by atoms with Crippen molar-refractivity contribution in [3.63, 3.8) is 0 Å². The largest absolute Gasteiger partial charge is 0.497 e. The lowest BCUT2D eigenvalue weighted by Crippen LogP contribution is -1.91. The first-order chi connectivity index (χ1) is 10.2. The lowest BCUT2D eigenvalue weighted by Gasteiger charge is -2.10. The monoisotopic (exact) mass is 299 g/mol. The number of ether oxygens (including phenoxy) is 2. The Morgan fingerprint density at radius 1 is 0.952 bits per heavy atom. The first kappa shape index (κ1) is 13.7. The number of hydrogen-bond acceptors (Lipinski definition) is 3. The minimum Gasteiger partial charge on any atom is -0.497 e. The van der Waals surface area contributed by atoms with Crippen LogP contribution in [0.1, 0.15) is 0 Å². The molecule has 0 fully saturated rings. The Balaban J connectivity index is 2.25. The van der Waals surface area contributed by atoms with Crippen LogP contribution in [0.15, 0.2) is 48.5 Å². The van der Waals surface area contributed by atoms with E-state index in [0.29, 0.717) is 10.9 Å². The van der Waals surface area contributed by atoms with Crippen LogP contribution in [0.25, 0.3) is 22.0 Å². The number of rotatable bonds is 3. The third-order valence-electron chi connectivity index (χ3n) is 3.39. The van der Waals surface area contributed by atoms with Gasteiger partial charge < -0.3 is 9.47 Å². The van der Waals surface area contributed by atoms with E-state index in [-0.39, 0.29) is 0 Å². The molecular formula is C17H14ClNO2. The second-order valence-electron chi connectivity index (χ2n) is 4.58. The van der Waals surface area contributed by atoms with Crippen molar-refractivity contribution in [3.8, 4) is 22.6 Å². The molecule has 2 aromatic carbocycles. The van der Waals surface area contributed by atoms with Crippen LogP contribution in [0.4, 0.5) is 0 Å². The Morgan fingerprint density at radius 2 is 1.71 bits per heavy atom. The van der Waals surface area contributed by atoms with E-state index in [4.69, 9.17) is 21.1 Å². The molecule has 3 aromatic rings. The molecule has 0 bridgehead atoms. The summed E-state index contributed by atoms with van der Waals surface area (Å²) in [7, 11) is 3.28. The molecule has 0 N–H and O–H groups in total. The molecule has 21 heavy (non-hydrogen) atoms. The van der Waals surface area contributed by atoms with Crippen molar-refractivity contribution in [1.82, 2.24) is 4.98 Å². The maximum Gasteiger partial charge on any atom is 0.145 e. The number of fused-ring (bicyclic) bond motifs is 1. The van der Waals surface area contributed by atoms with Gasteiger partial charge in [0, 0.05) is 5.39 Å². The SMILES string of the molecule is COc1ccc(-c2cc(Cl)nc3c(OC)cccc23)cc1. The Hall–Kier alpha value is -2.26. The highest BCUT2D eigenvalue weighted by Gasteiger charge is 2.10. The van der Waals surface area contributed by atoms with E-state index in [2.05, 4.69) is 4.98 Å². The van der Waals surface area contributed by atoms with E-state index in [1.807, 2.05) is 48.5 Å². The summed E-state index contributed by atoms with van der Waals surface area (Å²) in [6, 6.07) is 15.6. The quantitative estimate of drug-likeness (QED) is 0.664. The van der Waals surface area contributed by atoms with Gasteiger partial charge >= 0.3 is 0 Å². The maximum atomic E-state index is 6.17. The molecule has 0 aliphatic carbocycles. The summed E-state index contributed by atoms with van der Waals surface area (Å²) >= 11 is 6.17. The summed E-state index contributed by atoms with van der Waals surface area (Å²) < 4.78 is 10.6. The maximum absolute atomic E-state index is 6.17. The number of nitrogens with zero attached hydrogens (tertiary/aromatic N) is 1. The fraction of sp³-hybridized carbons (Fsp3) is 0.118. The molecule has 3 nitrogen and oxygen atoms in total. The van der Waals surface area contributed by atoms with Gasteiger partial charge in [0.2, 0.25) is 0 Å². The van der Waals surface area contributed by atoms with Crippen molar-refractivity contribution in [1.29, 1.82) is 0 Å². The molecule has 0 aliphatic rings. The van der Waals surface area contributed by atoms with Crippen LogP contribution in [0.2, 0.25) is 5.15 Å². The van der Waals surface area contributed by atoms with Gasteiger partial charge in [-0.05, 0) is 35.4 Å². The summed E-state index contributed by atoms with van der Waals surface area (Å²) in [6.45, 7) is 0. The first-order valence-electron chi connectivity index (χ1n) is 6.50. The van der Waals surface area contributed by atoms with Gasteiger partial charge in [0.05, 0.1) is 14.2 Å². The van der Waals surface area contributed by atoms with E-state index in [9.17, 15) is 0 Å². The van der Waals surface area contributed by atoms with E-state index in [1.165, 1.54) is 0 Å². The average Bonchev–Trinajstić information content (AvgIpc) is 2.53. The lowest BCUT2D eigenvalue weighted by molar-refractivity contribution is 0.415. The molecular weight excluding hydrogens is 286 g/mol. The number of methoxy groups -OCH3 is 2. The van der Waals surface area contributed by atoms with Crippen molar-refractivity contribution < 1.29 is 9.47 Å². The third kappa shape index (κ3) is 2.52. The van der Waals surface area contributed by atoms with E-state index in [0.717, 1.165) is 27.8 Å². The van der Waals surface area contributed by atoms with Gasteiger partial charge in [-0.2, -0.15) is 0 Å². The summed E-state index contributed by atoms with van der Waals surface area (Å²) in [5, 5.41) is 1.45. The number of halogens is 1. The standard InChI is InChI=1S/C17H14ClNO2/c1-20-12-8-6-11(7-9-12)14-10-16(18)19-17-13(14)4-3-5-15(17)21-2/h3-10H,1-2H3. The predicted octanol–water partition coefficient (Wildman–Crippen LogP) is 4.57.